The molecule has 0 N–H and O–H groups in total. The van der Waals surface area contributed by atoms with Crippen molar-refractivity contribution in [3.8, 4) is 5.69 Å². The number of rotatable bonds is 6. The number of para-hydroxylation sites is 1. The molecular formula is C27H28F3N6PS. The molecule has 1 aliphatic heterocycles. The van der Waals surface area contributed by atoms with Crippen molar-refractivity contribution in [1.82, 2.24) is 19.1 Å². The largest absolute Gasteiger partial charge is 0.418 e. The molecule has 0 saturated carbocycles. The molecule has 0 bridgehead atoms. The lowest BCUT2D eigenvalue weighted by atomic mass is 10.2. The molecule has 0 spiro atoms. The highest BCUT2D eigenvalue weighted by Crippen LogP contribution is 2.62. The zero-order valence-electron chi connectivity index (χ0n) is 21.5. The van der Waals surface area contributed by atoms with Gasteiger partial charge in [-0.25, -0.2) is 14.4 Å². The van der Waals surface area contributed by atoms with Gasteiger partial charge in [0.05, 0.1) is 32.8 Å². The number of hydrogen-bond donors (Lipinski definition) is 0. The lowest BCUT2D eigenvalue weighted by Crippen LogP contribution is -2.41. The van der Waals surface area contributed by atoms with E-state index in [1.807, 2.05) is 80.3 Å². The first-order valence-corrected chi connectivity index (χ1v) is 14.8. The van der Waals surface area contributed by atoms with Gasteiger partial charge in [-0.05, 0) is 42.6 Å². The predicted octanol–water partition coefficient (Wildman–Crippen LogP) is 7.61. The Morgan fingerprint density at radius 1 is 0.974 bits per heavy atom. The van der Waals surface area contributed by atoms with Crippen LogP contribution >= 0.6 is 18.7 Å². The molecule has 3 heterocycles. The molecule has 1 atom stereocenters. The number of alkyl halides is 3. The van der Waals surface area contributed by atoms with Gasteiger partial charge in [-0.15, -0.1) is 11.3 Å². The average Bonchev–Trinajstić information content (AvgIpc) is 3.55. The Bertz CT molecular complexity index is 1520. The van der Waals surface area contributed by atoms with Gasteiger partial charge >= 0.3 is 6.18 Å². The summed E-state index contributed by atoms with van der Waals surface area (Å²) in [5, 5.41) is 7.61. The van der Waals surface area contributed by atoms with Crippen LogP contribution in [0.3, 0.4) is 0 Å². The molecule has 2 aromatic heterocycles. The van der Waals surface area contributed by atoms with Gasteiger partial charge in [0.2, 0.25) is 0 Å². The second-order valence-corrected chi connectivity index (χ2v) is 12.7. The third kappa shape index (κ3) is 4.30. The zero-order valence-corrected chi connectivity index (χ0v) is 23.2. The van der Waals surface area contributed by atoms with E-state index in [1.165, 1.54) is 23.5 Å². The Morgan fingerprint density at radius 3 is 2.29 bits per heavy atom. The van der Waals surface area contributed by atoms with Gasteiger partial charge in [-0.3, -0.25) is 4.67 Å². The van der Waals surface area contributed by atoms with E-state index in [1.54, 1.807) is 10.7 Å². The molecule has 0 aliphatic carbocycles. The van der Waals surface area contributed by atoms with E-state index >= 15 is 0 Å². The van der Waals surface area contributed by atoms with Crippen molar-refractivity contribution >= 4 is 41.3 Å². The van der Waals surface area contributed by atoms with E-state index in [0.717, 1.165) is 21.9 Å². The number of benzene rings is 2. The van der Waals surface area contributed by atoms with E-state index in [-0.39, 0.29) is 5.69 Å². The van der Waals surface area contributed by atoms with Crippen molar-refractivity contribution in [2.45, 2.75) is 26.9 Å². The quantitative estimate of drug-likeness (QED) is 0.230. The highest BCUT2D eigenvalue weighted by molar-refractivity contribution is 7.70. The molecule has 11 heteroatoms. The SMILES string of the molecule is CCN(CC)[P@]1(=Nc2ccccc2C(F)(F)F)c2c(C)nn(-c3ccccc3)c2N=C(c2cccs2)N1C. The predicted molar refractivity (Wildman–Crippen MR) is 150 cm³/mol. The van der Waals surface area contributed by atoms with Gasteiger partial charge in [-0.2, -0.15) is 18.3 Å². The van der Waals surface area contributed by atoms with Gasteiger partial charge in [0.15, 0.2) is 19.0 Å². The summed E-state index contributed by atoms with van der Waals surface area (Å²) in [6, 6.07) is 19.1. The smallest absolute Gasteiger partial charge is 0.309 e. The van der Waals surface area contributed by atoms with E-state index in [4.69, 9.17) is 14.8 Å². The summed E-state index contributed by atoms with van der Waals surface area (Å²) in [4.78, 5) is 6.01. The van der Waals surface area contributed by atoms with Crippen LogP contribution in [-0.2, 0) is 6.18 Å². The van der Waals surface area contributed by atoms with Gasteiger partial charge in [0.25, 0.3) is 0 Å². The van der Waals surface area contributed by atoms with Crippen LogP contribution in [0.15, 0.2) is 81.8 Å². The Balaban J connectivity index is 1.94. The second-order valence-electron chi connectivity index (χ2n) is 8.76. The summed E-state index contributed by atoms with van der Waals surface area (Å²) in [5.41, 5.74) is 0.675. The van der Waals surface area contributed by atoms with E-state index in [0.29, 0.717) is 30.4 Å². The van der Waals surface area contributed by atoms with E-state index < -0.39 is 19.1 Å². The fraction of sp³-hybridized carbons (Fsp3) is 0.259. The maximum absolute atomic E-state index is 14.2. The molecule has 0 unspecified atom stereocenters. The standard InChI is InChI=1S/C27H28F3N6PS/c1-5-35(6-2)37(33-22-16-11-10-15-21(22)27(28,29)30)24-19(3)32-36(20-13-8-7-9-14-20)26(24)31-25(34(37)4)23-17-12-18-38-23/h7-18H,5-6H2,1-4H3/t37-/m0/s1. The Morgan fingerprint density at radius 2 is 1.66 bits per heavy atom. The molecule has 38 heavy (non-hydrogen) atoms. The molecule has 0 amide bonds. The molecule has 4 aromatic rings. The minimum atomic E-state index is -4.54. The average molecular weight is 557 g/mol. The fourth-order valence-corrected chi connectivity index (χ4v) is 9.57. The lowest BCUT2D eigenvalue weighted by molar-refractivity contribution is -0.137. The first-order chi connectivity index (χ1) is 18.2. The third-order valence-corrected chi connectivity index (χ3v) is 11.4. The van der Waals surface area contributed by atoms with Crippen LogP contribution in [0.2, 0.25) is 0 Å². The van der Waals surface area contributed by atoms with Crippen molar-refractivity contribution in [1.29, 1.82) is 0 Å². The number of halogens is 3. The third-order valence-electron chi connectivity index (χ3n) is 6.57. The van der Waals surface area contributed by atoms with E-state index in [9.17, 15) is 13.2 Å². The summed E-state index contributed by atoms with van der Waals surface area (Å²) in [6.45, 7) is 7.08. The number of amidine groups is 1. The van der Waals surface area contributed by atoms with Gasteiger partial charge in [-0.1, -0.05) is 50.2 Å². The monoisotopic (exact) mass is 556 g/mol. The van der Waals surface area contributed by atoms with Crippen LogP contribution in [0.5, 0.6) is 0 Å². The van der Waals surface area contributed by atoms with Crippen molar-refractivity contribution in [2.75, 3.05) is 20.1 Å². The normalized spacial score (nSPS) is 17.5. The molecule has 0 radical (unpaired) electrons. The number of thiophene rings is 1. The topological polar surface area (TPSA) is 49.0 Å². The molecule has 198 valence electrons. The van der Waals surface area contributed by atoms with Crippen molar-refractivity contribution < 1.29 is 13.2 Å². The van der Waals surface area contributed by atoms with Gasteiger partial charge < -0.3 is 4.67 Å². The molecule has 6 nitrogen and oxygen atoms in total. The van der Waals surface area contributed by atoms with Crippen LogP contribution in [0.1, 0.15) is 30.0 Å². The van der Waals surface area contributed by atoms with Crippen LogP contribution < -0.4 is 5.30 Å². The van der Waals surface area contributed by atoms with Gasteiger partial charge in [0.1, 0.15) is 0 Å². The molecular weight excluding hydrogens is 528 g/mol. The Labute approximate surface area is 224 Å². The molecule has 1 aliphatic rings. The highest BCUT2D eigenvalue weighted by atomic mass is 32.1. The molecule has 2 aromatic carbocycles. The van der Waals surface area contributed by atoms with Crippen LogP contribution in [-0.4, -0.2) is 45.1 Å². The zero-order chi connectivity index (χ0) is 27.1. The molecule has 0 fully saturated rings. The minimum absolute atomic E-state index is 0.0858. The number of aryl methyl sites for hydroxylation is 1. The fourth-order valence-electron chi connectivity index (χ4n) is 4.86. The summed E-state index contributed by atoms with van der Waals surface area (Å²) >= 11 is 1.53. The highest BCUT2D eigenvalue weighted by Gasteiger charge is 2.45. The van der Waals surface area contributed by atoms with Crippen LogP contribution in [0.25, 0.3) is 5.69 Å². The first-order valence-electron chi connectivity index (χ1n) is 12.3. The number of hydrogen-bond acceptors (Lipinski definition) is 4. The van der Waals surface area contributed by atoms with Crippen LogP contribution in [0.4, 0.5) is 24.7 Å². The molecule has 5 rings (SSSR count). The summed E-state index contributed by atoms with van der Waals surface area (Å²) < 4.78 is 53.6. The lowest BCUT2D eigenvalue weighted by Gasteiger charge is -2.44. The Hall–Kier alpha value is -3.20. The first kappa shape index (κ1) is 26.4. The van der Waals surface area contributed by atoms with Crippen molar-refractivity contribution in [3.63, 3.8) is 0 Å². The summed E-state index contributed by atoms with van der Waals surface area (Å²) in [5.74, 6) is 1.27. The van der Waals surface area contributed by atoms with Crippen molar-refractivity contribution in [2.24, 2.45) is 9.74 Å². The maximum atomic E-state index is 14.2. The number of aromatic nitrogens is 2. The molecule has 0 saturated heterocycles. The summed E-state index contributed by atoms with van der Waals surface area (Å²) in [6.07, 6.45) is -4.54. The number of nitrogens with zero attached hydrogens (tertiary/aromatic N) is 6. The number of fused-ring (bicyclic) bond motifs is 1. The van der Waals surface area contributed by atoms with Crippen LogP contribution in [0, 0.1) is 6.92 Å². The summed E-state index contributed by atoms with van der Waals surface area (Å²) in [7, 11) is -1.15. The second kappa shape index (κ2) is 10.2. The maximum Gasteiger partial charge on any atom is 0.418 e. The van der Waals surface area contributed by atoms with Gasteiger partial charge in [0, 0.05) is 20.1 Å². The van der Waals surface area contributed by atoms with E-state index in [2.05, 4.69) is 4.67 Å². The number of aliphatic imine (C=N–C) groups is 1. The Kier molecular flexibility index (Phi) is 7.07. The minimum Gasteiger partial charge on any atom is -0.309 e. The van der Waals surface area contributed by atoms with Crippen molar-refractivity contribution in [3.05, 3.63) is 88.2 Å².